The molecule has 25 heteroatoms. The van der Waals surface area contributed by atoms with Crippen LogP contribution in [0.4, 0.5) is 5.82 Å². The van der Waals surface area contributed by atoms with Crippen LogP contribution in [-0.4, -0.2) is 115 Å². The lowest BCUT2D eigenvalue weighted by Crippen LogP contribution is -2.41. The highest BCUT2D eigenvalue weighted by atomic mass is 35.5. The summed E-state index contributed by atoms with van der Waals surface area (Å²) < 4.78 is 74.1. The van der Waals surface area contributed by atoms with Gasteiger partial charge in [-0.05, 0) is 183 Å². The molecule has 6 aromatic heterocycles. The Bertz CT molecular complexity index is 3510. The smallest absolute Gasteiger partial charge is 0.283 e. The van der Waals surface area contributed by atoms with E-state index in [1.165, 1.54) is 54.6 Å². The predicted molar refractivity (Wildman–Crippen MR) is 313 cm³/mol. The fourth-order valence-electron chi connectivity index (χ4n) is 11.5. The van der Waals surface area contributed by atoms with Gasteiger partial charge in [-0.2, -0.15) is 27.0 Å². The Morgan fingerprint density at radius 1 is 0.771 bits per heavy atom. The number of hydrogen-bond acceptors (Lipinski definition) is 16. The van der Waals surface area contributed by atoms with E-state index >= 15 is 0 Å². The number of hydrogen-bond donors (Lipinski definition) is 3. The first kappa shape index (κ1) is 59.8. The van der Waals surface area contributed by atoms with Crippen LogP contribution >= 0.6 is 11.6 Å². The minimum atomic E-state index is -4.20. The lowest BCUT2D eigenvalue weighted by molar-refractivity contribution is 0.0972. The number of fused-ring (bicyclic) bond motifs is 6. The van der Waals surface area contributed by atoms with Gasteiger partial charge in [0.2, 0.25) is 11.8 Å². The highest BCUT2D eigenvalue weighted by molar-refractivity contribution is 7.90. The molecule has 0 radical (unpaired) electrons. The van der Waals surface area contributed by atoms with Gasteiger partial charge in [0.25, 0.3) is 31.9 Å². The molecule has 11 rings (SSSR count). The summed E-state index contributed by atoms with van der Waals surface area (Å²) in [5.41, 5.74) is 1.03. The zero-order valence-electron chi connectivity index (χ0n) is 48.5. The molecule has 3 N–H and O–H groups in total. The molecule has 2 saturated heterocycles. The molecule has 2 saturated carbocycles. The van der Waals surface area contributed by atoms with Gasteiger partial charge < -0.3 is 19.7 Å². The van der Waals surface area contributed by atoms with Gasteiger partial charge in [0.15, 0.2) is 21.7 Å². The zero-order valence-corrected chi connectivity index (χ0v) is 50.9. The molecule has 6 aromatic rings. The molecular formula is C58H79ClN14O8S2. The number of rotatable bonds is 20. The first-order valence-corrected chi connectivity index (χ1v) is 32.6. The summed E-state index contributed by atoms with van der Waals surface area (Å²) in [5.74, 6) is 1.79. The number of nitrogens with one attached hydrogen (secondary N) is 3. The Kier molecular flexibility index (Phi) is 17.5. The van der Waals surface area contributed by atoms with Crippen LogP contribution in [0, 0.1) is 22.7 Å². The molecule has 0 spiro atoms. The van der Waals surface area contributed by atoms with Gasteiger partial charge in [-0.1, -0.05) is 38.3 Å². The fourth-order valence-corrected chi connectivity index (χ4v) is 13.6. The van der Waals surface area contributed by atoms with Gasteiger partial charge in [0.05, 0.1) is 24.3 Å². The van der Waals surface area contributed by atoms with Crippen molar-refractivity contribution in [3.8, 4) is 23.4 Å². The van der Waals surface area contributed by atoms with Crippen LogP contribution in [0.25, 0.3) is 11.6 Å². The number of ether oxygens (including phenoxy) is 2. The van der Waals surface area contributed by atoms with Crippen molar-refractivity contribution in [3.63, 3.8) is 0 Å². The van der Waals surface area contributed by atoms with Crippen LogP contribution in [0.3, 0.4) is 0 Å². The van der Waals surface area contributed by atoms with Crippen LogP contribution in [-0.2, 0) is 33.1 Å². The first-order valence-electron chi connectivity index (χ1n) is 29.2. The average Bonchev–Trinajstić information content (AvgIpc) is 3.58. The molecule has 0 aromatic carbocycles. The molecule has 83 heavy (non-hydrogen) atoms. The predicted octanol–water partition coefficient (Wildman–Crippen LogP) is 9.08. The summed E-state index contributed by atoms with van der Waals surface area (Å²) in [6, 6.07) is 12.6. The number of nitrogens with zero attached hydrogens (tertiary/aromatic N) is 11. The van der Waals surface area contributed by atoms with E-state index in [-0.39, 0.29) is 37.4 Å². The van der Waals surface area contributed by atoms with Crippen molar-refractivity contribution >= 4 is 49.3 Å². The molecule has 5 aliphatic rings. The zero-order chi connectivity index (χ0) is 58.8. The lowest BCUT2D eigenvalue weighted by atomic mass is 9.93. The molecule has 22 nitrogen and oxygen atoms in total. The third-order valence-electron chi connectivity index (χ3n) is 17.0. The van der Waals surface area contributed by atoms with Crippen molar-refractivity contribution in [2.75, 3.05) is 31.2 Å². The average molecular weight is 1200 g/mol. The van der Waals surface area contributed by atoms with Crippen molar-refractivity contribution < 1.29 is 35.9 Å². The number of aryl methyl sites for hydroxylation is 2. The van der Waals surface area contributed by atoms with Gasteiger partial charge >= 0.3 is 0 Å². The summed E-state index contributed by atoms with van der Waals surface area (Å²) >= 11 is 6.28. The normalized spacial score (nSPS) is 20.9. The van der Waals surface area contributed by atoms with E-state index in [1.807, 2.05) is 10.8 Å². The third kappa shape index (κ3) is 15.3. The molecule has 2 amide bonds. The SMILES string of the molecule is CC1(CCCOc2ccn(-c3ccc(C(=O)NS(=O)(=O)c4ccn(CCCCC5CNC(C)(C)C5)n4)c(Cl)n3)n2)CC1.CC1(CCCOc2ccn(-c3ccc4c(n3)N3CC(CCCCn5ccc(n5)S(=O)(=O)NC4=O)CC3(C)C)n2)CC1. The number of pyridine rings is 2. The molecule has 2 aliphatic carbocycles. The van der Waals surface area contributed by atoms with Crippen molar-refractivity contribution in [1.29, 1.82) is 0 Å². The Hall–Kier alpha value is -6.37. The number of anilines is 1. The maximum atomic E-state index is 13.5. The van der Waals surface area contributed by atoms with Gasteiger partial charge in [-0.25, -0.2) is 28.8 Å². The topological polar surface area (TPSA) is 257 Å². The second kappa shape index (κ2) is 24.3. The Labute approximate surface area is 491 Å². The van der Waals surface area contributed by atoms with Crippen LogP contribution in [0.1, 0.15) is 165 Å². The minimum absolute atomic E-state index is 0.0785. The van der Waals surface area contributed by atoms with Crippen LogP contribution in [0.15, 0.2) is 83.4 Å². The van der Waals surface area contributed by atoms with Crippen molar-refractivity contribution in [1.82, 2.24) is 63.9 Å². The second-order valence-corrected chi connectivity index (χ2v) is 28.9. The van der Waals surface area contributed by atoms with E-state index in [1.54, 1.807) is 57.0 Å². The molecule has 4 fully saturated rings. The third-order valence-corrected chi connectivity index (χ3v) is 19.7. The van der Waals surface area contributed by atoms with Crippen molar-refractivity contribution in [3.05, 3.63) is 89.6 Å². The largest absolute Gasteiger partial charge is 0.477 e. The molecule has 2 atom stereocenters. The Balaban J connectivity index is 0.000000185. The van der Waals surface area contributed by atoms with Crippen LogP contribution in [0.5, 0.6) is 11.8 Å². The standard InChI is InChI=1S/C29H40ClN7O4S.C29H39N7O4S/c1-28(2)19-21(20-31-28)7-4-5-15-36-16-11-25(34-36)42(39,40)35-27(38)22-8-9-23(32-26(22)30)37-17-10-24(33-37)41-18-6-12-29(3)13-14-29;1-28(2)19-21-7-4-5-15-34-16-11-25(32-34)41(38,39)33-27(37)22-8-9-23(30-26(22)35(28)20-21)36-17-10-24(31-36)40-18-6-12-29(3)13-14-29/h8-11,16-17,21,31H,4-7,12-15,18-20H2,1-3H3,(H,35,38);8-11,16-17,21H,4-7,12-15,18-20H2,1-3H3,(H,33,37). The van der Waals surface area contributed by atoms with E-state index in [2.05, 4.69) is 81.9 Å². The minimum Gasteiger partial charge on any atom is -0.477 e. The van der Waals surface area contributed by atoms with Crippen molar-refractivity contribution in [2.45, 2.75) is 178 Å². The summed E-state index contributed by atoms with van der Waals surface area (Å²) in [5, 5.41) is 20.3. The highest BCUT2D eigenvalue weighted by Gasteiger charge is 2.42. The van der Waals surface area contributed by atoms with Gasteiger partial charge in [0, 0.05) is 67.6 Å². The number of unbranched alkanes of at least 4 members (excludes halogenated alkanes) is 1. The summed E-state index contributed by atoms with van der Waals surface area (Å²) in [6.07, 6.45) is 24.3. The van der Waals surface area contributed by atoms with Crippen LogP contribution in [0.2, 0.25) is 5.15 Å². The maximum Gasteiger partial charge on any atom is 0.283 e. The number of carbonyl (C=O) groups is 2. The molecule has 448 valence electrons. The molecular weight excluding hydrogens is 1120 g/mol. The Morgan fingerprint density at radius 2 is 1.43 bits per heavy atom. The molecule has 9 heterocycles. The summed E-state index contributed by atoms with van der Waals surface area (Å²) in [4.78, 5) is 37.6. The molecule has 2 unspecified atom stereocenters. The Morgan fingerprint density at radius 3 is 2.07 bits per heavy atom. The number of carbonyl (C=O) groups excluding carboxylic acids is 2. The highest BCUT2D eigenvalue weighted by Crippen LogP contribution is 2.49. The maximum absolute atomic E-state index is 13.5. The van der Waals surface area contributed by atoms with Gasteiger partial charge in [-0.15, -0.1) is 10.2 Å². The van der Waals surface area contributed by atoms with E-state index in [0.29, 0.717) is 78.2 Å². The van der Waals surface area contributed by atoms with Gasteiger partial charge in [-0.3, -0.25) is 19.0 Å². The fraction of sp³-hybridized carbons (Fsp3) is 0.586. The summed E-state index contributed by atoms with van der Waals surface area (Å²) in [6.45, 7) is 17.6. The summed E-state index contributed by atoms with van der Waals surface area (Å²) in [7, 11) is -8.35. The van der Waals surface area contributed by atoms with E-state index < -0.39 is 31.9 Å². The molecule has 3 aliphatic heterocycles. The van der Waals surface area contributed by atoms with Gasteiger partial charge in [0.1, 0.15) is 11.0 Å². The lowest BCUT2D eigenvalue weighted by Gasteiger charge is -2.34. The van der Waals surface area contributed by atoms with E-state index in [9.17, 15) is 26.4 Å². The number of amides is 2. The monoisotopic (exact) mass is 1200 g/mol. The van der Waals surface area contributed by atoms with E-state index in [0.717, 1.165) is 90.1 Å². The second-order valence-electron chi connectivity index (χ2n) is 25.3. The van der Waals surface area contributed by atoms with E-state index in [4.69, 9.17) is 26.1 Å². The quantitative estimate of drug-likeness (QED) is 0.0476. The molecule has 4 bridgehead atoms. The number of halogens is 1. The first-order chi connectivity index (χ1) is 39.4. The van der Waals surface area contributed by atoms with Crippen LogP contribution < -0.4 is 29.1 Å². The van der Waals surface area contributed by atoms with Crippen molar-refractivity contribution in [2.24, 2.45) is 22.7 Å². The number of sulfonamides is 2. The number of aromatic nitrogens is 10.